The molecule has 0 bridgehead atoms. The summed E-state index contributed by atoms with van der Waals surface area (Å²) in [7, 11) is 0. The molecule has 0 fully saturated rings. The first kappa shape index (κ1) is 19.5. The first-order valence-corrected chi connectivity index (χ1v) is 10.7. The van der Waals surface area contributed by atoms with Crippen LogP contribution < -0.4 is 5.32 Å². The van der Waals surface area contributed by atoms with Crippen molar-refractivity contribution in [1.29, 1.82) is 0 Å². The van der Waals surface area contributed by atoms with E-state index in [0.29, 0.717) is 18.7 Å². The lowest BCUT2D eigenvalue weighted by Crippen LogP contribution is -2.21. The van der Waals surface area contributed by atoms with E-state index in [1.165, 1.54) is 16.5 Å². The Hall–Kier alpha value is -3.45. The van der Waals surface area contributed by atoms with Gasteiger partial charge in [-0.05, 0) is 62.0 Å². The minimum atomic E-state index is -0.904. The fraction of sp³-hybridized carbons (Fsp3) is 0.292. The predicted octanol–water partition coefficient (Wildman–Crippen LogP) is 3.45. The summed E-state index contributed by atoms with van der Waals surface area (Å²) >= 11 is 0. The molecule has 1 aliphatic rings. The van der Waals surface area contributed by atoms with E-state index >= 15 is 0 Å². The summed E-state index contributed by atoms with van der Waals surface area (Å²) in [5.41, 5.74) is 6.59. The Kier molecular flexibility index (Phi) is 5.26. The van der Waals surface area contributed by atoms with Crippen LogP contribution in [0.15, 0.2) is 48.9 Å². The van der Waals surface area contributed by atoms with Crippen molar-refractivity contribution in [3.8, 4) is 11.3 Å². The van der Waals surface area contributed by atoms with Crippen LogP contribution in [0.4, 0.5) is 0 Å². The molecule has 7 nitrogen and oxygen atoms in total. The molecule has 0 unspecified atom stereocenters. The molecule has 158 valence electrons. The zero-order valence-corrected chi connectivity index (χ0v) is 17.3. The topological polar surface area (TPSA) is 95.8 Å². The summed E-state index contributed by atoms with van der Waals surface area (Å²) in [6.45, 7) is 2.27. The number of carboxylic acids is 1. The minimum Gasteiger partial charge on any atom is -0.477 e. The van der Waals surface area contributed by atoms with Crippen LogP contribution in [0.5, 0.6) is 0 Å². The molecular weight excluding hydrogens is 390 g/mol. The molecule has 1 aromatic carbocycles. The number of H-pyrrole nitrogens is 1. The van der Waals surface area contributed by atoms with Crippen molar-refractivity contribution in [2.75, 3.05) is 13.1 Å². The Bertz CT molecular complexity index is 1240. The number of nitrogens with zero attached hydrogens (tertiary/aromatic N) is 3. The van der Waals surface area contributed by atoms with Gasteiger partial charge in [0.1, 0.15) is 5.69 Å². The number of hydrogen-bond donors (Lipinski definition) is 3. The van der Waals surface area contributed by atoms with Crippen LogP contribution in [-0.4, -0.2) is 43.9 Å². The second-order valence-electron chi connectivity index (χ2n) is 7.95. The zero-order valence-electron chi connectivity index (χ0n) is 17.3. The van der Waals surface area contributed by atoms with Crippen LogP contribution in [0.3, 0.4) is 0 Å². The Morgan fingerprint density at radius 3 is 3.00 bits per heavy atom. The van der Waals surface area contributed by atoms with Crippen LogP contribution in [0.1, 0.15) is 33.6 Å². The van der Waals surface area contributed by atoms with E-state index in [1.54, 1.807) is 10.9 Å². The highest BCUT2D eigenvalue weighted by Gasteiger charge is 2.27. The molecule has 0 saturated heterocycles. The molecule has 0 atom stereocenters. The van der Waals surface area contributed by atoms with E-state index < -0.39 is 5.97 Å². The number of pyridine rings is 1. The van der Waals surface area contributed by atoms with Gasteiger partial charge in [0.15, 0.2) is 0 Å². The molecule has 0 radical (unpaired) electrons. The van der Waals surface area contributed by atoms with Crippen molar-refractivity contribution in [3.05, 3.63) is 71.3 Å². The summed E-state index contributed by atoms with van der Waals surface area (Å²) in [4.78, 5) is 19.4. The average Bonchev–Trinajstić information content (AvgIpc) is 3.37. The van der Waals surface area contributed by atoms with Gasteiger partial charge in [-0.25, -0.2) is 4.79 Å². The molecule has 0 amide bonds. The fourth-order valence-electron chi connectivity index (χ4n) is 4.51. The van der Waals surface area contributed by atoms with Gasteiger partial charge >= 0.3 is 5.97 Å². The molecule has 0 aliphatic heterocycles. The molecule has 1 aliphatic carbocycles. The van der Waals surface area contributed by atoms with E-state index in [1.807, 2.05) is 18.3 Å². The van der Waals surface area contributed by atoms with E-state index in [-0.39, 0.29) is 0 Å². The van der Waals surface area contributed by atoms with Gasteiger partial charge in [-0.3, -0.25) is 9.67 Å². The molecule has 5 rings (SSSR count). The summed E-state index contributed by atoms with van der Waals surface area (Å²) < 4.78 is 1.67. The van der Waals surface area contributed by atoms with Gasteiger partial charge in [0, 0.05) is 47.2 Å². The van der Waals surface area contributed by atoms with Crippen LogP contribution >= 0.6 is 0 Å². The maximum atomic E-state index is 11.9. The third-order valence-corrected chi connectivity index (χ3v) is 6.03. The van der Waals surface area contributed by atoms with E-state index in [9.17, 15) is 9.90 Å². The lowest BCUT2D eigenvalue weighted by Gasteiger charge is -2.14. The van der Waals surface area contributed by atoms with Gasteiger partial charge < -0.3 is 15.4 Å². The van der Waals surface area contributed by atoms with Crippen molar-refractivity contribution in [2.24, 2.45) is 0 Å². The summed E-state index contributed by atoms with van der Waals surface area (Å²) in [5, 5.41) is 19.2. The number of aryl methyl sites for hydroxylation is 2. The lowest BCUT2D eigenvalue weighted by molar-refractivity contribution is 0.0681. The fourth-order valence-corrected chi connectivity index (χ4v) is 4.51. The van der Waals surface area contributed by atoms with Crippen molar-refractivity contribution < 1.29 is 9.90 Å². The standard InChI is InChI=1S/C24H25N5O2/c30-24(31)23-20-7-6-16-14-26-12-9-19(16)22(20)28-29(23)13-3-10-25-11-8-17-15-27-21-5-2-1-4-18(17)21/h1-2,4-5,9,12,14-15,25,27H,3,6-8,10-11,13H2,(H,30,31). The number of aromatic nitrogens is 4. The Morgan fingerprint density at radius 2 is 2.10 bits per heavy atom. The van der Waals surface area contributed by atoms with Crippen molar-refractivity contribution in [1.82, 2.24) is 25.1 Å². The molecule has 4 aromatic rings. The highest BCUT2D eigenvalue weighted by atomic mass is 16.4. The number of hydrogen-bond acceptors (Lipinski definition) is 4. The summed E-state index contributed by atoms with van der Waals surface area (Å²) in [6, 6.07) is 10.3. The number of carbonyl (C=O) groups is 1. The quantitative estimate of drug-likeness (QED) is 0.383. The number of fused-ring (bicyclic) bond motifs is 4. The third-order valence-electron chi connectivity index (χ3n) is 6.03. The molecule has 0 spiro atoms. The Morgan fingerprint density at radius 1 is 1.19 bits per heavy atom. The molecular formula is C24H25N5O2. The van der Waals surface area contributed by atoms with Crippen molar-refractivity contribution >= 4 is 16.9 Å². The maximum Gasteiger partial charge on any atom is 0.354 e. The Labute approximate surface area is 180 Å². The Balaban J connectivity index is 1.20. The number of carboxylic acid groups (broad SMARTS) is 1. The van der Waals surface area contributed by atoms with Crippen LogP contribution in [0, 0.1) is 0 Å². The maximum absolute atomic E-state index is 11.9. The number of benzene rings is 1. The summed E-state index contributed by atoms with van der Waals surface area (Å²) in [5.74, 6) is -0.904. The van der Waals surface area contributed by atoms with E-state index in [2.05, 4.69) is 44.8 Å². The van der Waals surface area contributed by atoms with Gasteiger partial charge in [0.05, 0.1) is 5.69 Å². The van der Waals surface area contributed by atoms with E-state index in [4.69, 9.17) is 0 Å². The van der Waals surface area contributed by atoms with E-state index in [0.717, 1.165) is 54.7 Å². The first-order chi connectivity index (χ1) is 15.2. The first-order valence-electron chi connectivity index (χ1n) is 10.7. The van der Waals surface area contributed by atoms with Gasteiger partial charge in [-0.2, -0.15) is 5.10 Å². The van der Waals surface area contributed by atoms with Crippen molar-refractivity contribution in [3.63, 3.8) is 0 Å². The van der Waals surface area contributed by atoms with Gasteiger partial charge in [-0.1, -0.05) is 18.2 Å². The second-order valence-corrected chi connectivity index (χ2v) is 7.95. The third kappa shape index (κ3) is 3.72. The van der Waals surface area contributed by atoms with Gasteiger partial charge in [0.25, 0.3) is 0 Å². The predicted molar refractivity (Wildman–Crippen MR) is 119 cm³/mol. The molecule has 3 heterocycles. The molecule has 3 N–H and O–H groups in total. The minimum absolute atomic E-state index is 0.330. The highest BCUT2D eigenvalue weighted by Crippen LogP contribution is 2.34. The highest BCUT2D eigenvalue weighted by molar-refractivity contribution is 5.90. The zero-order chi connectivity index (χ0) is 21.2. The smallest absolute Gasteiger partial charge is 0.354 e. The summed E-state index contributed by atoms with van der Waals surface area (Å²) in [6.07, 6.45) is 8.94. The lowest BCUT2D eigenvalue weighted by atomic mass is 9.90. The SMILES string of the molecule is O=C(O)c1c2c(nn1CCCNCCc1c[nH]c3ccccc13)-c1ccncc1CC2. The number of nitrogens with one attached hydrogen (secondary N) is 2. The van der Waals surface area contributed by atoms with Crippen molar-refractivity contribution in [2.45, 2.75) is 32.2 Å². The second kappa shape index (κ2) is 8.35. The molecule has 7 heteroatoms. The number of para-hydroxylation sites is 1. The number of aromatic amines is 1. The normalized spacial score (nSPS) is 12.6. The monoisotopic (exact) mass is 415 g/mol. The van der Waals surface area contributed by atoms with Gasteiger partial charge in [-0.15, -0.1) is 0 Å². The molecule has 0 saturated carbocycles. The molecule has 3 aromatic heterocycles. The number of rotatable bonds is 8. The van der Waals surface area contributed by atoms with Crippen LogP contribution in [0.25, 0.3) is 22.2 Å². The van der Waals surface area contributed by atoms with Crippen LogP contribution in [-0.2, 0) is 25.8 Å². The number of aromatic carboxylic acids is 1. The largest absolute Gasteiger partial charge is 0.477 e. The molecule has 31 heavy (non-hydrogen) atoms. The average molecular weight is 415 g/mol. The van der Waals surface area contributed by atoms with Crippen LogP contribution in [0.2, 0.25) is 0 Å². The van der Waals surface area contributed by atoms with Gasteiger partial charge in [0.2, 0.25) is 0 Å².